The number of aliphatic hydroxyl groups is 3. The Morgan fingerprint density at radius 2 is 2.00 bits per heavy atom. The van der Waals surface area contributed by atoms with Crippen molar-refractivity contribution in [1.82, 2.24) is 9.80 Å². The van der Waals surface area contributed by atoms with E-state index in [2.05, 4.69) is 4.90 Å². The van der Waals surface area contributed by atoms with Crippen molar-refractivity contribution >= 4 is 0 Å². The number of ether oxygens (including phenoxy) is 2. The Morgan fingerprint density at radius 1 is 1.27 bits per heavy atom. The maximum Gasteiger partial charge on any atom is 0.161 e. The van der Waals surface area contributed by atoms with Crippen LogP contribution in [0.2, 0.25) is 0 Å². The summed E-state index contributed by atoms with van der Waals surface area (Å²) >= 11 is 0. The molecule has 1 aromatic carbocycles. The minimum Gasteiger partial charge on any atom is -0.493 e. The van der Waals surface area contributed by atoms with Crippen molar-refractivity contribution in [1.29, 1.82) is 0 Å². The first-order valence-corrected chi connectivity index (χ1v) is 9.19. The molecular weight excluding hydrogens is 336 g/mol. The highest BCUT2D eigenvalue weighted by Crippen LogP contribution is 2.28. The van der Waals surface area contributed by atoms with Crippen molar-refractivity contribution in [2.24, 2.45) is 0 Å². The Balaban J connectivity index is 1.84. The Morgan fingerprint density at radius 3 is 2.65 bits per heavy atom. The van der Waals surface area contributed by atoms with Crippen LogP contribution in [0.25, 0.3) is 0 Å². The number of aliphatic hydroxyl groups excluding tert-OH is 3. The van der Waals surface area contributed by atoms with Crippen molar-refractivity contribution in [3.05, 3.63) is 23.8 Å². The zero-order valence-electron chi connectivity index (χ0n) is 15.8. The lowest BCUT2D eigenvalue weighted by Gasteiger charge is -2.30. The second kappa shape index (κ2) is 10.7. The summed E-state index contributed by atoms with van der Waals surface area (Å²) in [5, 5.41) is 28.7. The third-order valence-corrected chi connectivity index (χ3v) is 4.62. The predicted molar refractivity (Wildman–Crippen MR) is 99.6 cm³/mol. The first-order chi connectivity index (χ1) is 12.5. The van der Waals surface area contributed by atoms with Crippen molar-refractivity contribution in [3.63, 3.8) is 0 Å². The Labute approximate surface area is 155 Å². The van der Waals surface area contributed by atoms with Crippen LogP contribution in [0.3, 0.4) is 0 Å². The lowest BCUT2D eigenvalue weighted by Crippen LogP contribution is -2.41. The van der Waals surface area contributed by atoms with E-state index in [1.165, 1.54) is 0 Å². The van der Waals surface area contributed by atoms with Crippen molar-refractivity contribution in [3.8, 4) is 11.5 Å². The van der Waals surface area contributed by atoms with Crippen LogP contribution in [0.5, 0.6) is 11.5 Å². The molecular formula is C19H32N2O5. The fourth-order valence-electron chi connectivity index (χ4n) is 3.13. The number of hydrogen-bond donors (Lipinski definition) is 3. The summed E-state index contributed by atoms with van der Waals surface area (Å²) in [5.41, 5.74) is 1.07. The first-order valence-electron chi connectivity index (χ1n) is 9.19. The molecule has 7 nitrogen and oxygen atoms in total. The zero-order valence-corrected chi connectivity index (χ0v) is 15.8. The second-order valence-electron chi connectivity index (χ2n) is 6.94. The normalized spacial score (nSPS) is 17.5. The fourth-order valence-corrected chi connectivity index (χ4v) is 3.13. The van der Waals surface area contributed by atoms with E-state index in [4.69, 9.17) is 14.6 Å². The van der Waals surface area contributed by atoms with Gasteiger partial charge in [-0.2, -0.15) is 0 Å². The first kappa shape index (κ1) is 20.9. The van der Waals surface area contributed by atoms with Crippen molar-refractivity contribution < 1.29 is 24.8 Å². The highest BCUT2D eigenvalue weighted by Gasteiger charge is 2.20. The molecule has 1 aliphatic rings. The van der Waals surface area contributed by atoms with E-state index in [1.807, 2.05) is 30.1 Å². The van der Waals surface area contributed by atoms with Gasteiger partial charge < -0.3 is 29.7 Å². The van der Waals surface area contributed by atoms with Gasteiger partial charge >= 0.3 is 0 Å². The molecule has 0 bridgehead atoms. The fraction of sp³-hybridized carbons (Fsp3) is 0.684. The number of rotatable bonds is 10. The molecule has 1 fully saturated rings. The summed E-state index contributed by atoms with van der Waals surface area (Å²) in [5.74, 6) is 1.24. The average Bonchev–Trinajstić information content (AvgIpc) is 2.62. The molecule has 1 saturated heterocycles. The molecule has 0 unspecified atom stereocenters. The van der Waals surface area contributed by atoms with Crippen molar-refractivity contribution in [2.45, 2.75) is 31.6 Å². The zero-order chi connectivity index (χ0) is 18.9. The Kier molecular flexibility index (Phi) is 8.61. The summed E-state index contributed by atoms with van der Waals surface area (Å²) in [6.07, 6.45) is 0.713. The second-order valence-corrected chi connectivity index (χ2v) is 6.94. The number of methoxy groups -OCH3 is 1. The molecule has 1 atom stereocenters. The van der Waals surface area contributed by atoms with E-state index in [0.717, 1.165) is 31.5 Å². The summed E-state index contributed by atoms with van der Waals surface area (Å²) in [6, 6.07) is 5.73. The van der Waals surface area contributed by atoms with Gasteiger partial charge in [-0.15, -0.1) is 0 Å². The third-order valence-electron chi connectivity index (χ3n) is 4.62. The van der Waals surface area contributed by atoms with Crippen LogP contribution in [0.4, 0.5) is 0 Å². The smallest absolute Gasteiger partial charge is 0.161 e. The summed E-state index contributed by atoms with van der Waals surface area (Å²) in [6.45, 7) is 3.79. The van der Waals surface area contributed by atoms with E-state index in [-0.39, 0.29) is 19.3 Å². The van der Waals surface area contributed by atoms with E-state index < -0.39 is 6.10 Å². The number of piperidine rings is 1. The molecule has 0 aromatic heterocycles. The van der Waals surface area contributed by atoms with Gasteiger partial charge in [0.2, 0.25) is 0 Å². The van der Waals surface area contributed by atoms with E-state index >= 15 is 0 Å². The molecule has 0 saturated carbocycles. The van der Waals surface area contributed by atoms with E-state index in [0.29, 0.717) is 31.1 Å². The van der Waals surface area contributed by atoms with Crippen LogP contribution in [0.15, 0.2) is 18.2 Å². The molecule has 0 spiro atoms. The number of likely N-dealkylation sites (tertiary alicyclic amines) is 1. The molecule has 2 rings (SSSR count). The van der Waals surface area contributed by atoms with Gasteiger partial charge in [-0.05, 0) is 37.6 Å². The van der Waals surface area contributed by atoms with Gasteiger partial charge in [0.05, 0.1) is 19.8 Å². The number of hydrogen-bond acceptors (Lipinski definition) is 7. The van der Waals surface area contributed by atoms with Gasteiger partial charge in [-0.3, -0.25) is 4.90 Å². The highest BCUT2D eigenvalue weighted by molar-refractivity contribution is 5.43. The molecule has 0 radical (unpaired) electrons. The summed E-state index contributed by atoms with van der Waals surface area (Å²) in [4.78, 5) is 4.17. The number of β-amino-alcohol motifs (C(OH)–C–C–N with tert-alkyl or cyclic N) is 1. The van der Waals surface area contributed by atoms with Gasteiger partial charge in [0.15, 0.2) is 11.5 Å². The van der Waals surface area contributed by atoms with Crippen LogP contribution in [-0.2, 0) is 6.54 Å². The standard InChI is InChI=1S/C19H32N2O5/c1-20(9-10-22)12-15-3-4-18(19(11-15)25-2)26-14-17(24)13-21-7-5-16(23)6-8-21/h3-4,11,16-17,22-24H,5-10,12-14H2,1-2H3/t17-/m1/s1. The number of nitrogens with zero attached hydrogens (tertiary/aromatic N) is 2. The van der Waals surface area contributed by atoms with E-state index in [1.54, 1.807) is 7.11 Å². The molecule has 26 heavy (non-hydrogen) atoms. The number of benzene rings is 1. The number of likely N-dealkylation sites (N-methyl/N-ethyl adjacent to an activating group) is 1. The minimum atomic E-state index is -0.592. The molecule has 1 aromatic rings. The molecule has 1 heterocycles. The van der Waals surface area contributed by atoms with Gasteiger partial charge in [0.1, 0.15) is 12.7 Å². The van der Waals surface area contributed by atoms with Gasteiger partial charge in [-0.25, -0.2) is 0 Å². The largest absolute Gasteiger partial charge is 0.493 e. The average molecular weight is 368 g/mol. The summed E-state index contributed by atoms with van der Waals surface area (Å²) < 4.78 is 11.2. The van der Waals surface area contributed by atoms with Crippen LogP contribution in [0, 0.1) is 0 Å². The lowest BCUT2D eigenvalue weighted by molar-refractivity contribution is 0.0333. The lowest BCUT2D eigenvalue weighted by atomic mass is 10.1. The van der Waals surface area contributed by atoms with Crippen LogP contribution in [0.1, 0.15) is 18.4 Å². The Hall–Kier alpha value is -1.38. The topological polar surface area (TPSA) is 85.6 Å². The predicted octanol–water partition coefficient (Wildman–Crippen LogP) is 0.316. The van der Waals surface area contributed by atoms with Gasteiger partial charge in [-0.1, -0.05) is 6.07 Å². The molecule has 0 aliphatic carbocycles. The third kappa shape index (κ3) is 6.74. The minimum absolute atomic E-state index is 0.128. The van der Waals surface area contributed by atoms with Gasteiger partial charge in [0.25, 0.3) is 0 Å². The van der Waals surface area contributed by atoms with Crippen LogP contribution < -0.4 is 9.47 Å². The molecule has 3 N–H and O–H groups in total. The van der Waals surface area contributed by atoms with Crippen LogP contribution in [-0.4, -0.2) is 90.9 Å². The van der Waals surface area contributed by atoms with E-state index in [9.17, 15) is 10.2 Å². The van der Waals surface area contributed by atoms with Crippen LogP contribution >= 0.6 is 0 Å². The monoisotopic (exact) mass is 368 g/mol. The molecule has 7 heteroatoms. The van der Waals surface area contributed by atoms with Crippen molar-refractivity contribution in [2.75, 3.05) is 53.6 Å². The summed E-state index contributed by atoms with van der Waals surface area (Å²) in [7, 11) is 3.54. The molecule has 148 valence electrons. The Bertz CT molecular complexity index is 535. The highest BCUT2D eigenvalue weighted by atomic mass is 16.5. The maximum atomic E-state index is 10.2. The maximum absolute atomic E-state index is 10.2. The van der Waals surface area contributed by atoms with Gasteiger partial charge in [0, 0.05) is 32.7 Å². The molecule has 0 amide bonds. The quantitative estimate of drug-likeness (QED) is 0.548. The SMILES string of the molecule is COc1cc(CN(C)CCO)ccc1OC[C@H](O)CN1CCC(O)CC1. The molecule has 1 aliphatic heterocycles.